The summed E-state index contributed by atoms with van der Waals surface area (Å²) in [6, 6.07) is 0. The van der Waals surface area contributed by atoms with Crippen LogP contribution in [0.15, 0.2) is 23.8 Å². The van der Waals surface area contributed by atoms with Crippen molar-refractivity contribution < 1.29 is 0 Å². The average molecular weight is 146 g/mol. The summed E-state index contributed by atoms with van der Waals surface area (Å²) in [5.41, 5.74) is 6.81. The molecule has 0 aromatic carbocycles. The molecule has 0 bridgehead atoms. The van der Waals surface area contributed by atoms with Crippen molar-refractivity contribution in [1.29, 1.82) is 0 Å². The maximum absolute atomic E-state index is 5.34. The Balaban J connectivity index is 0.000000640. The van der Waals surface area contributed by atoms with Gasteiger partial charge in [-0.1, -0.05) is 23.8 Å². The minimum absolute atomic E-state index is 0. The molecule has 1 aliphatic carbocycles. The van der Waals surface area contributed by atoms with E-state index in [9.17, 15) is 0 Å². The molecular weight excluding hydrogens is 134 g/mol. The quantitative estimate of drug-likeness (QED) is 0.628. The van der Waals surface area contributed by atoms with Crippen LogP contribution in [0.4, 0.5) is 0 Å². The van der Waals surface area contributed by atoms with Crippen LogP contribution in [0.25, 0.3) is 0 Å². The third-order valence-corrected chi connectivity index (χ3v) is 1.31. The van der Waals surface area contributed by atoms with Crippen LogP contribution in [0.5, 0.6) is 0 Å². The number of nitrogens with two attached hydrogens (primary N) is 1. The van der Waals surface area contributed by atoms with Crippen LogP contribution < -0.4 is 5.73 Å². The van der Waals surface area contributed by atoms with E-state index in [2.05, 4.69) is 18.2 Å². The van der Waals surface area contributed by atoms with Gasteiger partial charge < -0.3 is 5.73 Å². The topological polar surface area (TPSA) is 26.0 Å². The maximum Gasteiger partial charge on any atom is -0.00397 e. The molecule has 0 radical (unpaired) electrons. The van der Waals surface area contributed by atoms with Crippen molar-refractivity contribution in [3.63, 3.8) is 0 Å². The van der Waals surface area contributed by atoms with Gasteiger partial charge in [-0.15, -0.1) is 12.4 Å². The molecule has 1 nitrogen and oxygen atoms in total. The van der Waals surface area contributed by atoms with Gasteiger partial charge in [0.1, 0.15) is 0 Å². The number of hydrogen-bond acceptors (Lipinski definition) is 1. The van der Waals surface area contributed by atoms with Gasteiger partial charge in [-0.3, -0.25) is 0 Å². The zero-order chi connectivity index (χ0) is 5.82. The van der Waals surface area contributed by atoms with E-state index in [4.69, 9.17) is 5.73 Å². The Morgan fingerprint density at radius 1 is 1.56 bits per heavy atom. The largest absolute Gasteiger partial charge is 0.330 e. The molecule has 1 aliphatic rings. The third-order valence-electron chi connectivity index (χ3n) is 1.31. The lowest BCUT2D eigenvalue weighted by atomic mass is 10.2. The summed E-state index contributed by atoms with van der Waals surface area (Å²) >= 11 is 0. The molecule has 0 unspecified atom stereocenters. The van der Waals surface area contributed by atoms with E-state index in [1.165, 1.54) is 5.57 Å². The smallest absolute Gasteiger partial charge is 0.00397 e. The minimum atomic E-state index is 0. The van der Waals surface area contributed by atoms with E-state index in [1.54, 1.807) is 0 Å². The van der Waals surface area contributed by atoms with E-state index >= 15 is 0 Å². The Kier molecular flexibility index (Phi) is 4.46. The molecule has 9 heavy (non-hydrogen) atoms. The Morgan fingerprint density at radius 3 is 2.78 bits per heavy atom. The van der Waals surface area contributed by atoms with E-state index in [-0.39, 0.29) is 12.4 Å². The molecular formula is C7H12ClN. The van der Waals surface area contributed by atoms with Crippen molar-refractivity contribution in [2.45, 2.75) is 12.8 Å². The first-order valence-electron chi connectivity index (χ1n) is 2.98. The first-order valence-corrected chi connectivity index (χ1v) is 2.98. The van der Waals surface area contributed by atoms with Gasteiger partial charge in [0.25, 0.3) is 0 Å². The Bertz CT molecular complexity index is 127. The molecule has 0 aromatic heterocycles. The van der Waals surface area contributed by atoms with Crippen molar-refractivity contribution in [1.82, 2.24) is 0 Å². The highest BCUT2D eigenvalue weighted by molar-refractivity contribution is 5.85. The van der Waals surface area contributed by atoms with Crippen LogP contribution in [-0.4, -0.2) is 6.54 Å². The SMILES string of the molecule is Cl.NCCC1=CC=CC1. The predicted molar refractivity (Wildman–Crippen MR) is 42.8 cm³/mol. The monoisotopic (exact) mass is 145 g/mol. The van der Waals surface area contributed by atoms with Gasteiger partial charge in [-0.25, -0.2) is 0 Å². The number of allylic oxidation sites excluding steroid dienone is 3. The lowest BCUT2D eigenvalue weighted by molar-refractivity contribution is 0.929. The molecule has 0 aliphatic heterocycles. The molecule has 0 atom stereocenters. The second-order valence-corrected chi connectivity index (χ2v) is 2.00. The fraction of sp³-hybridized carbons (Fsp3) is 0.429. The van der Waals surface area contributed by atoms with E-state index in [0.29, 0.717) is 0 Å². The lowest BCUT2D eigenvalue weighted by Gasteiger charge is -1.93. The number of halogens is 1. The standard InChI is InChI=1S/C7H11N.ClH/c8-6-5-7-3-1-2-4-7;/h1-3H,4-6,8H2;1H. The first kappa shape index (κ1) is 8.73. The zero-order valence-corrected chi connectivity index (χ0v) is 6.16. The molecule has 52 valence electrons. The first-order chi connectivity index (χ1) is 3.93. The molecule has 2 N–H and O–H groups in total. The van der Waals surface area contributed by atoms with Gasteiger partial charge in [-0.05, 0) is 19.4 Å². The Morgan fingerprint density at radius 2 is 2.33 bits per heavy atom. The highest BCUT2D eigenvalue weighted by Crippen LogP contribution is 2.12. The summed E-state index contributed by atoms with van der Waals surface area (Å²) in [7, 11) is 0. The van der Waals surface area contributed by atoms with Gasteiger partial charge in [0.05, 0.1) is 0 Å². The van der Waals surface area contributed by atoms with Crippen LogP contribution in [-0.2, 0) is 0 Å². The Labute approximate surface area is 62.0 Å². The molecule has 2 heteroatoms. The lowest BCUT2D eigenvalue weighted by Crippen LogP contribution is -1.98. The predicted octanol–water partition coefficient (Wildman–Crippen LogP) is 1.64. The number of rotatable bonds is 2. The van der Waals surface area contributed by atoms with Gasteiger partial charge in [0.2, 0.25) is 0 Å². The van der Waals surface area contributed by atoms with Crippen molar-refractivity contribution in [3.05, 3.63) is 23.8 Å². The van der Waals surface area contributed by atoms with Gasteiger partial charge in [-0.2, -0.15) is 0 Å². The van der Waals surface area contributed by atoms with Crippen molar-refractivity contribution in [2.75, 3.05) is 6.54 Å². The van der Waals surface area contributed by atoms with Crippen molar-refractivity contribution in [3.8, 4) is 0 Å². The van der Waals surface area contributed by atoms with Crippen LogP contribution >= 0.6 is 12.4 Å². The van der Waals surface area contributed by atoms with Gasteiger partial charge in [0, 0.05) is 0 Å². The van der Waals surface area contributed by atoms with Crippen LogP contribution in [0.1, 0.15) is 12.8 Å². The molecule has 0 fully saturated rings. The summed E-state index contributed by atoms with van der Waals surface area (Å²) in [6.45, 7) is 0.785. The maximum atomic E-state index is 5.34. The van der Waals surface area contributed by atoms with Gasteiger partial charge in [0.15, 0.2) is 0 Å². The van der Waals surface area contributed by atoms with Crippen molar-refractivity contribution in [2.24, 2.45) is 5.73 Å². The summed E-state index contributed by atoms with van der Waals surface area (Å²) in [6.07, 6.45) is 8.58. The average Bonchev–Trinajstić information content (AvgIpc) is 2.19. The fourth-order valence-electron chi connectivity index (χ4n) is 0.862. The molecule has 0 heterocycles. The van der Waals surface area contributed by atoms with E-state index < -0.39 is 0 Å². The molecule has 0 spiro atoms. The van der Waals surface area contributed by atoms with Gasteiger partial charge >= 0.3 is 0 Å². The summed E-state index contributed by atoms with van der Waals surface area (Å²) in [5, 5.41) is 0. The fourth-order valence-corrected chi connectivity index (χ4v) is 0.862. The summed E-state index contributed by atoms with van der Waals surface area (Å²) in [4.78, 5) is 0. The highest BCUT2D eigenvalue weighted by Gasteiger charge is 1.94. The molecule has 1 rings (SSSR count). The van der Waals surface area contributed by atoms with Crippen LogP contribution in [0.2, 0.25) is 0 Å². The molecule has 0 aromatic rings. The van der Waals surface area contributed by atoms with Crippen molar-refractivity contribution >= 4 is 12.4 Å². The summed E-state index contributed by atoms with van der Waals surface area (Å²) in [5.74, 6) is 0. The second kappa shape index (κ2) is 4.59. The zero-order valence-electron chi connectivity index (χ0n) is 5.34. The van der Waals surface area contributed by atoms with E-state index in [0.717, 1.165) is 19.4 Å². The molecule has 0 saturated carbocycles. The van der Waals surface area contributed by atoms with Crippen LogP contribution in [0.3, 0.4) is 0 Å². The molecule has 0 saturated heterocycles. The number of hydrogen-bond donors (Lipinski definition) is 1. The molecule has 0 amide bonds. The minimum Gasteiger partial charge on any atom is -0.330 e. The normalized spacial score (nSPS) is 15.0. The third kappa shape index (κ3) is 2.68. The van der Waals surface area contributed by atoms with Crippen LogP contribution in [0, 0.1) is 0 Å². The Hall–Kier alpha value is -0.270. The second-order valence-electron chi connectivity index (χ2n) is 2.00. The highest BCUT2D eigenvalue weighted by atomic mass is 35.5. The summed E-state index contributed by atoms with van der Waals surface area (Å²) < 4.78 is 0. The van der Waals surface area contributed by atoms with E-state index in [1.807, 2.05) is 0 Å².